The fourth-order valence-electron chi connectivity index (χ4n) is 4.17. The quantitative estimate of drug-likeness (QED) is 0.211. The highest BCUT2D eigenvalue weighted by molar-refractivity contribution is 5.78. The molecule has 0 aromatic rings. The Morgan fingerprint density at radius 3 is 2.20 bits per heavy atom. The molecule has 0 aromatic heterocycles. The maximum Gasteiger partial charge on any atom is 0.303 e. The highest BCUT2D eigenvalue weighted by atomic mass is 16.4. The topological polar surface area (TPSA) is 105 Å². The molecule has 2 heterocycles. The van der Waals surface area contributed by atoms with Crippen LogP contribution in [0.25, 0.3) is 0 Å². The highest BCUT2D eigenvalue weighted by Gasteiger charge is 2.28. The fourth-order valence-corrected chi connectivity index (χ4v) is 4.17. The number of hydrogen-bond acceptors (Lipinski definition) is 6. The summed E-state index contributed by atoms with van der Waals surface area (Å²) in [6.07, 6.45) is 3.72. The first kappa shape index (κ1) is 24.6. The van der Waals surface area contributed by atoms with Crippen LogP contribution < -0.4 is 10.6 Å². The van der Waals surface area contributed by atoms with Gasteiger partial charge in [-0.15, -0.1) is 0 Å². The summed E-state index contributed by atoms with van der Waals surface area (Å²) in [6.45, 7) is 11.1. The van der Waals surface area contributed by atoms with E-state index in [0.717, 1.165) is 58.7 Å². The molecule has 0 bridgehead atoms. The van der Waals surface area contributed by atoms with E-state index < -0.39 is 5.97 Å². The second-order valence-corrected chi connectivity index (χ2v) is 8.30. The Labute approximate surface area is 180 Å². The van der Waals surface area contributed by atoms with Crippen LogP contribution in [0.2, 0.25) is 0 Å². The van der Waals surface area contributed by atoms with Crippen molar-refractivity contribution in [2.75, 3.05) is 65.4 Å². The molecule has 2 aliphatic heterocycles. The maximum atomic E-state index is 12.3. The lowest BCUT2D eigenvalue weighted by Gasteiger charge is -2.37. The van der Waals surface area contributed by atoms with Gasteiger partial charge in [0, 0.05) is 64.7 Å². The van der Waals surface area contributed by atoms with Gasteiger partial charge in [0.15, 0.2) is 0 Å². The van der Waals surface area contributed by atoms with Crippen molar-refractivity contribution in [3.05, 3.63) is 0 Å². The molecule has 172 valence electrons. The molecule has 3 N–H and O–H groups in total. The van der Waals surface area contributed by atoms with Gasteiger partial charge in [-0.2, -0.15) is 0 Å². The van der Waals surface area contributed by atoms with Crippen molar-refractivity contribution < 1.29 is 19.5 Å². The Hall–Kier alpha value is -1.71. The third kappa shape index (κ3) is 9.40. The predicted octanol–water partition coefficient (Wildman–Crippen LogP) is -0.0343. The van der Waals surface area contributed by atoms with Gasteiger partial charge in [0.2, 0.25) is 11.8 Å². The molecule has 2 rings (SSSR count). The van der Waals surface area contributed by atoms with Crippen LogP contribution in [-0.4, -0.2) is 109 Å². The molecule has 9 nitrogen and oxygen atoms in total. The molecule has 9 heteroatoms. The summed E-state index contributed by atoms with van der Waals surface area (Å²) in [4.78, 5) is 41.7. The lowest BCUT2D eigenvalue weighted by Crippen LogP contribution is -2.51. The lowest BCUT2D eigenvalue weighted by atomic mass is 10.3. The van der Waals surface area contributed by atoms with Crippen LogP contribution in [0.3, 0.4) is 0 Å². The molecule has 30 heavy (non-hydrogen) atoms. The van der Waals surface area contributed by atoms with Crippen molar-refractivity contribution in [1.29, 1.82) is 0 Å². The van der Waals surface area contributed by atoms with Gasteiger partial charge in [-0.1, -0.05) is 6.92 Å². The molecule has 2 saturated heterocycles. The molecular formula is C21H39N5O4. The van der Waals surface area contributed by atoms with Crippen LogP contribution >= 0.6 is 0 Å². The zero-order valence-corrected chi connectivity index (χ0v) is 18.4. The van der Waals surface area contributed by atoms with E-state index in [1.54, 1.807) is 0 Å². The van der Waals surface area contributed by atoms with Crippen LogP contribution in [0.1, 0.15) is 45.4 Å². The minimum absolute atomic E-state index is 0.0274. The smallest absolute Gasteiger partial charge is 0.303 e. The maximum absolute atomic E-state index is 12.3. The number of nitrogens with zero attached hydrogens (tertiary/aromatic N) is 3. The summed E-state index contributed by atoms with van der Waals surface area (Å²) in [6, 6.07) is 0.459. The fraction of sp³-hybridized carbons (Fsp3) is 0.857. The number of rotatable bonds is 13. The van der Waals surface area contributed by atoms with Crippen molar-refractivity contribution >= 4 is 17.8 Å². The van der Waals surface area contributed by atoms with Gasteiger partial charge in [0.05, 0.1) is 6.54 Å². The van der Waals surface area contributed by atoms with E-state index in [1.807, 2.05) is 0 Å². The van der Waals surface area contributed by atoms with Crippen LogP contribution in [0.5, 0.6) is 0 Å². The SMILES string of the molecule is CCN1CC[15N]([13CH2][13CH]2[13CH2][13CH2][13CH2][15N]2CC(=O)NCC[13CH2][13C](=O)[15NH]CCCC(=O)O)[13CH2][13CH2]1. The summed E-state index contributed by atoms with van der Waals surface area (Å²) in [7, 11) is 0. The van der Waals surface area contributed by atoms with E-state index in [0.29, 0.717) is 44.9 Å². The van der Waals surface area contributed by atoms with Crippen molar-refractivity contribution in [3.63, 3.8) is 0 Å². The van der Waals surface area contributed by atoms with Gasteiger partial charge in [-0.25, -0.2) is 0 Å². The standard InChI is InChI=1S/C21H39N5O4/c1-2-24-12-14-25(15-13-24)16-18-6-5-11-26(18)17-20(28)23-9-3-7-19(27)22-10-4-8-21(29)30/h18H,2-17H2,1H3,(H,22,27)(H,23,28)(H,29,30)/i5+1,6+1,7+1,11+1,12+1,14+1,16+1,18+1,19+1,22+1,25+1,26+1. The molecular weight excluding hydrogens is 398 g/mol. The first-order valence-electron chi connectivity index (χ1n) is 11.4. The number of aliphatic carboxylic acids is 1. The average Bonchev–Trinajstić information content (AvgIpc) is 3.15. The van der Waals surface area contributed by atoms with E-state index in [-0.39, 0.29) is 18.2 Å². The van der Waals surface area contributed by atoms with Crippen molar-refractivity contribution in [3.8, 4) is 0 Å². The second kappa shape index (κ2) is 13.6. The number of carboxylic acid groups (broad SMARTS) is 1. The third-order valence-corrected chi connectivity index (χ3v) is 6.02. The largest absolute Gasteiger partial charge is 0.481 e. The van der Waals surface area contributed by atoms with E-state index >= 15 is 0 Å². The molecule has 0 aliphatic carbocycles. The van der Waals surface area contributed by atoms with Gasteiger partial charge in [-0.3, -0.25) is 24.2 Å². The van der Waals surface area contributed by atoms with Crippen LogP contribution in [0.4, 0.5) is 0 Å². The molecule has 0 spiro atoms. The summed E-state index contributed by atoms with van der Waals surface area (Å²) in [5, 5.41) is 14.2. The summed E-state index contributed by atoms with van der Waals surface area (Å²) in [5.41, 5.74) is 0. The van der Waals surface area contributed by atoms with Crippen molar-refractivity contribution in [1.82, 2.24) is 25.3 Å². The molecule has 0 saturated carbocycles. The molecule has 0 radical (unpaired) electrons. The van der Waals surface area contributed by atoms with Gasteiger partial charge in [0.1, 0.15) is 0 Å². The van der Waals surface area contributed by atoms with Crippen LogP contribution in [0.15, 0.2) is 0 Å². The Bertz CT molecular complexity index is 552. The van der Waals surface area contributed by atoms with E-state index in [2.05, 4.69) is 32.3 Å². The number of piperazine rings is 1. The van der Waals surface area contributed by atoms with Crippen molar-refractivity contribution in [2.24, 2.45) is 0 Å². The lowest BCUT2D eigenvalue weighted by molar-refractivity contribution is -0.137. The number of nitrogens with one attached hydrogen (secondary N) is 2. The molecule has 2 fully saturated rings. The molecule has 2 amide bonds. The van der Waals surface area contributed by atoms with Crippen LogP contribution in [0, 0.1) is 0 Å². The first-order chi connectivity index (χ1) is 14.5. The number of likely N-dealkylation sites (N-methyl/N-ethyl adjacent to an activating group) is 1. The zero-order chi connectivity index (χ0) is 21.8. The second-order valence-electron chi connectivity index (χ2n) is 8.30. The van der Waals surface area contributed by atoms with E-state index in [1.165, 1.54) is 0 Å². The molecule has 1 unspecified atom stereocenters. The Morgan fingerprint density at radius 2 is 1.53 bits per heavy atom. The predicted molar refractivity (Wildman–Crippen MR) is 115 cm³/mol. The van der Waals surface area contributed by atoms with Crippen LogP contribution in [-0.2, 0) is 14.4 Å². The first-order valence-corrected chi connectivity index (χ1v) is 11.4. The number of carbonyl (C=O) groups is 3. The molecule has 0 aromatic carbocycles. The minimum Gasteiger partial charge on any atom is -0.481 e. The monoisotopic (exact) mass is 437 g/mol. The number of amides is 2. The number of likely N-dealkylation sites (tertiary alicyclic amines) is 1. The minimum atomic E-state index is -0.855. The van der Waals surface area contributed by atoms with Gasteiger partial charge in [-0.05, 0) is 38.8 Å². The van der Waals surface area contributed by atoms with Gasteiger partial charge >= 0.3 is 5.97 Å². The summed E-state index contributed by atoms with van der Waals surface area (Å²) in [5.74, 6) is -0.928. The Kier molecular flexibility index (Phi) is 11.1. The average molecular weight is 437 g/mol. The number of hydrogen-bond donors (Lipinski definition) is 3. The van der Waals surface area contributed by atoms with Gasteiger partial charge < -0.3 is 20.6 Å². The normalized spacial score (nSPS) is 20.9. The van der Waals surface area contributed by atoms with Crippen molar-refractivity contribution in [2.45, 2.75) is 51.5 Å². The van der Waals surface area contributed by atoms with E-state index in [4.69, 9.17) is 5.11 Å². The highest BCUT2D eigenvalue weighted by Crippen LogP contribution is 2.18. The van der Waals surface area contributed by atoms with E-state index in [9.17, 15) is 14.4 Å². The number of carboxylic acids is 1. The summed E-state index contributed by atoms with van der Waals surface area (Å²) < 4.78 is 0. The zero-order valence-electron chi connectivity index (χ0n) is 18.4. The molecule has 1 atom stereocenters. The Balaban J connectivity index is 1.55. The van der Waals surface area contributed by atoms with Gasteiger partial charge in [0.25, 0.3) is 0 Å². The summed E-state index contributed by atoms with van der Waals surface area (Å²) >= 11 is 0. The number of carbonyl (C=O) groups excluding carboxylic acids is 2. The third-order valence-electron chi connectivity index (χ3n) is 6.02. The molecule has 2 aliphatic rings. The Morgan fingerprint density at radius 1 is 0.900 bits per heavy atom.